The van der Waals surface area contributed by atoms with Gasteiger partial charge in [-0.15, -0.1) is 12.4 Å². The Hall–Kier alpha value is -1.59. The van der Waals surface area contributed by atoms with Crippen LogP contribution >= 0.6 is 12.4 Å². The predicted octanol–water partition coefficient (Wildman–Crippen LogP) is 2.88. The second kappa shape index (κ2) is 10.5. The lowest BCUT2D eigenvalue weighted by molar-refractivity contribution is -0.124. The number of amides is 2. The minimum Gasteiger partial charge on any atom is -0.353 e. The second-order valence-electron chi connectivity index (χ2n) is 7.96. The summed E-state index contributed by atoms with van der Waals surface area (Å²) in [4.78, 5) is 24.9. The van der Waals surface area contributed by atoms with Gasteiger partial charge in [0.05, 0.1) is 0 Å². The monoisotopic (exact) mass is 383 g/mol. The summed E-state index contributed by atoms with van der Waals surface area (Å²) in [5.41, 5.74) is 1.78. The molecule has 0 aliphatic heterocycles. The van der Waals surface area contributed by atoms with Crippen molar-refractivity contribution in [1.82, 2.24) is 16.0 Å². The lowest BCUT2D eigenvalue weighted by Crippen LogP contribution is -2.51. The maximum absolute atomic E-state index is 12.5. The van der Waals surface area contributed by atoms with E-state index in [0.717, 1.165) is 0 Å². The molecule has 0 saturated heterocycles. The van der Waals surface area contributed by atoms with Gasteiger partial charge in [0, 0.05) is 18.2 Å². The van der Waals surface area contributed by atoms with Crippen molar-refractivity contribution in [3.63, 3.8) is 0 Å². The zero-order valence-electron chi connectivity index (χ0n) is 17.0. The Labute approximate surface area is 164 Å². The average molecular weight is 384 g/mol. The molecule has 0 aliphatic carbocycles. The van der Waals surface area contributed by atoms with Crippen LogP contribution in [0.1, 0.15) is 57.5 Å². The number of carbonyl (C=O) groups is 2. The number of benzene rings is 1. The predicted molar refractivity (Wildman–Crippen MR) is 110 cm³/mol. The quantitative estimate of drug-likeness (QED) is 0.678. The minimum atomic E-state index is -0.557. The highest BCUT2D eigenvalue weighted by Crippen LogP contribution is 2.22. The normalized spacial score (nSPS) is 13.5. The van der Waals surface area contributed by atoms with Gasteiger partial charge in [0.25, 0.3) is 5.91 Å². The summed E-state index contributed by atoms with van der Waals surface area (Å²) in [6, 6.07) is 7.18. The van der Waals surface area contributed by atoms with Gasteiger partial charge in [0.2, 0.25) is 5.91 Å². The van der Waals surface area contributed by atoms with Crippen molar-refractivity contribution in [2.24, 2.45) is 5.92 Å². The van der Waals surface area contributed by atoms with Crippen LogP contribution in [0, 0.1) is 5.92 Å². The van der Waals surface area contributed by atoms with Crippen molar-refractivity contribution < 1.29 is 9.59 Å². The van der Waals surface area contributed by atoms with Crippen LogP contribution in [0.3, 0.4) is 0 Å². The highest BCUT2D eigenvalue weighted by atomic mass is 35.5. The van der Waals surface area contributed by atoms with E-state index in [1.165, 1.54) is 5.56 Å². The molecule has 0 bridgehead atoms. The van der Waals surface area contributed by atoms with E-state index in [2.05, 4.69) is 36.7 Å². The Morgan fingerprint density at radius 3 is 2.00 bits per heavy atom. The first kappa shape index (κ1) is 24.4. The van der Waals surface area contributed by atoms with E-state index < -0.39 is 6.04 Å². The highest BCUT2D eigenvalue weighted by Gasteiger charge is 2.25. The van der Waals surface area contributed by atoms with E-state index in [1.807, 2.05) is 52.1 Å². The molecule has 1 aromatic rings. The fraction of sp³-hybridized carbons (Fsp3) is 0.600. The molecule has 3 N–H and O–H groups in total. The lowest BCUT2D eigenvalue weighted by Gasteiger charge is -2.23. The summed E-state index contributed by atoms with van der Waals surface area (Å²) in [6.07, 6.45) is 0. The van der Waals surface area contributed by atoms with Crippen molar-refractivity contribution >= 4 is 24.2 Å². The van der Waals surface area contributed by atoms with E-state index in [4.69, 9.17) is 0 Å². The van der Waals surface area contributed by atoms with Gasteiger partial charge in [0.1, 0.15) is 6.04 Å². The summed E-state index contributed by atoms with van der Waals surface area (Å²) < 4.78 is 0. The molecule has 2 amide bonds. The lowest BCUT2D eigenvalue weighted by atomic mass is 9.86. The average Bonchev–Trinajstić information content (AvgIpc) is 2.55. The molecule has 1 aromatic carbocycles. The topological polar surface area (TPSA) is 70.2 Å². The molecule has 0 fully saturated rings. The summed E-state index contributed by atoms with van der Waals surface area (Å²) in [6.45, 7) is 12.8. The number of halogens is 1. The molecule has 0 heterocycles. The third-order valence-electron chi connectivity index (χ3n) is 4.32. The molecule has 2 unspecified atom stereocenters. The van der Waals surface area contributed by atoms with Gasteiger partial charge in [0.15, 0.2) is 0 Å². The number of hydrogen-bond acceptors (Lipinski definition) is 3. The third-order valence-corrected chi connectivity index (χ3v) is 4.32. The van der Waals surface area contributed by atoms with Crippen molar-refractivity contribution in [3.8, 4) is 0 Å². The Morgan fingerprint density at radius 2 is 1.58 bits per heavy atom. The second-order valence-corrected chi connectivity index (χ2v) is 7.96. The van der Waals surface area contributed by atoms with Crippen LogP contribution in [0.2, 0.25) is 0 Å². The zero-order chi connectivity index (χ0) is 19.2. The Balaban J connectivity index is 0.00000625. The molecular weight excluding hydrogens is 350 g/mol. The summed E-state index contributed by atoms with van der Waals surface area (Å²) >= 11 is 0. The maximum atomic E-state index is 12.5. The molecule has 26 heavy (non-hydrogen) atoms. The first-order chi connectivity index (χ1) is 11.6. The molecule has 0 aliphatic rings. The summed E-state index contributed by atoms with van der Waals surface area (Å²) in [7, 11) is 1.85. The smallest absolute Gasteiger partial charge is 0.251 e. The number of hydrogen-bond donors (Lipinski definition) is 3. The van der Waals surface area contributed by atoms with Crippen LogP contribution < -0.4 is 16.0 Å². The maximum Gasteiger partial charge on any atom is 0.251 e. The molecule has 6 heteroatoms. The highest BCUT2D eigenvalue weighted by molar-refractivity contribution is 5.97. The van der Waals surface area contributed by atoms with Crippen LogP contribution in [0.25, 0.3) is 0 Å². The Kier molecular flexibility index (Phi) is 9.89. The molecule has 0 aromatic heterocycles. The first-order valence-electron chi connectivity index (χ1n) is 8.92. The van der Waals surface area contributed by atoms with Gasteiger partial charge in [-0.1, -0.05) is 46.8 Å². The van der Waals surface area contributed by atoms with E-state index in [-0.39, 0.29) is 41.6 Å². The molecule has 0 spiro atoms. The Morgan fingerprint density at radius 1 is 1.04 bits per heavy atom. The van der Waals surface area contributed by atoms with Crippen molar-refractivity contribution in [1.29, 1.82) is 0 Å². The molecular formula is C20H34ClN3O2. The molecule has 1 rings (SSSR count). The van der Waals surface area contributed by atoms with Crippen LogP contribution in [-0.4, -0.2) is 37.5 Å². The van der Waals surface area contributed by atoms with Crippen LogP contribution in [-0.2, 0) is 10.2 Å². The Bertz CT molecular complexity index is 580. The minimum absolute atomic E-state index is 0. The first-order valence-corrected chi connectivity index (χ1v) is 8.92. The number of nitrogens with one attached hydrogen (secondary N) is 3. The standard InChI is InChI=1S/C20H33N3O2.ClH/c1-13(2)17(19(25)22-12-14(3)21-7)23-18(24)15-8-10-16(11-9-15)20(4,5)6;/h8-11,13-14,17,21H,12H2,1-7H3,(H,22,25)(H,23,24);1H. The van der Waals surface area contributed by atoms with Gasteiger partial charge in [-0.2, -0.15) is 0 Å². The van der Waals surface area contributed by atoms with E-state index in [9.17, 15) is 9.59 Å². The number of likely N-dealkylation sites (N-methyl/N-ethyl adjacent to an activating group) is 1. The van der Waals surface area contributed by atoms with E-state index in [0.29, 0.717) is 12.1 Å². The summed E-state index contributed by atoms with van der Waals surface area (Å²) in [5, 5.41) is 8.82. The summed E-state index contributed by atoms with van der Waals surface area (Å²) in [5.74, 6) is -0.379. The van der Waals surface area contributed by atoms with Crippen LogP contribution in [0.4, 0.5) is 0 Å². The fourth-order valence-corrected chi connectivity index (χ4v) is 2.35. The van der Waals surface area contributed by atoms with Crippen molar-refractivity contribution in [3.05, 3.63) is 35.4 Å². The SMILES string of the molecule is CNC(C)CNC(=O)C(NC(=O)c1ccc(C(C)(C)C)cc1)C(C)C.Cl. The van der Waals surface area contributed by atoms with Crippen molar-refractivity contribution in [2.75, 3.05) is 13.6 Å². The van der Waals surface area contributed by atoms with Crippen LogP contribution in [0.5, 0.6) is 0 Å². The molecule has 2 atom stereocenters. The van der Waals surface area contributed by atoms with E-state index in [1.54, 1.807) is 0 Å². The van der Waals surface area contributed by atoms with Gasteiger partial charge >= 0.3 is 0 Å². The van der Waals surface area contributed by atoms with Crippen LogP contribution in [0.15, 0.2) is 24.3 Å². The van der Waals surface area contributed by atoms with Gasteiger partial charge < -0.3 is 16.0 Å². The molecule has 0 saturated carbocycles. The molecule has 148 valence electrons. The number of carbonyl (C=O) groups excluding carboxylic acids is 2. The largest absolute Gasteiger partial charge is 0.353 e. The van der Waals surface area contributed by atoms with Gasteiger partial charge in [-0.05, 0) is 43.0 Å². The van der Waals surface area contributed by atoms with Crippen molar-refractivity contribution in [2.45, 2.75) is 59.0 Å². The third kappa shape index (κ3) is 7.34. The van der Waals surface area contributed by atoms with Gasteiger partial charge in [-0.3, -0.25) is 9.59 Å². The number of rotatable bonds is 7. The van der Waals surface area contributed by atoms with Gasteiger partial charge in [-0.25, -0.2) is 0 Å². The van der Waals surface area contributed by atoms with E-state index >= 15 is 0 Å². The zero-order valence-corrected chi connectivity index (χ0v) is 17.8. The fourth-order valence-electron chi connectivity index (χ4n) is 2.35. The molecule has 0 radical (unpaired) electrons. The molecule has 5 nitrogen and oxygen atoms in total.